The quantitative estimate of drug-likeness (QED) is 0.840. The number of hydrogen-bond donors (Lipinski definition) is 1. The van der Waals surface area contributed by atoms with Gasteiger partial charge in [0.1, 0.15) is 5.69 Å². The Hall–Kier alpha value is -1.62. The highest BCUT2D eigenvalue weighted by Gasteiger charge is 2.32. The van der Waals surface area contributed by atoms with Gasteiger partial charge in [-0.25, -0.2) is 4.98 Å². The molecule has 2 atom stereocenters. The Balaban J connectivity index is 2.14. The minimum Gasteiger partial charge on any atom is -0.391 e. The maximum absolute atomic E-state index is 12.2. The van der Waals surface area contributed by atoms with Crippen LogP contribution in [0, 0.1) is 0 Å². The number of hydrogen-bond acceptors (Lipinski definition) is 4. The van der Waals surface area contributed by atoms with E-state index in [1.165, 1.54) is 0 Å². The van der Waals surface area contributed by atoms with Crippen LogP contribution in [0.3, 0.4) is 0 Å². The zero-order valence-electron chi connectivity index (χ0n) is 11.0. The van der Waals surface area contributed by atoms with Gasteiger partial charge >= 0.3 is 0 Å². The summed E-state index contributed by atoms with van der Waals surface area (Å²) in [6.45, 7) is 2.35. The molecule has 1 N–H and O–H groups in total. The molecule has 0 aliphatic carbocycles. The Labute approximate surface area is 107 Å². The molecular formula is C13H19N3O2. The van der Waals surface area contributed by atoms with Crippen molar-refractivity contribution in [2.45, 2.75) is 25.5 Å². The largest absolute Gasteiger partial charge is 0.391 e. The van der Waals surface area contributed by atoms with Crippen molar-refractivity contribution >= 4 is 11.6 Å². The first-order chi connectivity index (χ1) is 8.49. The molecule has 1 saturated heterocycles. The maximum Gasteiger partial charge on any atom is 0.272 e. The first-order valence-corrected chi connectivity index (χ1v) is 6.11. The second kappa shape index (κ2) is 4.94. The number of pyridine rings is 1. The summed E-state index contributed by atoms with van der Waals surface area (Å²) in [4.78, 5) is 20.0. The molecule has 2 unspecified atom stereocenters. The van der Waals surface area contributed by atoms with Crippen molar-refractivity contribution in [1.82, 2.24) is 9.88 Å². The van der Waals surface area contributed by atoms with Crippen LogP contribution in [0.2, 0.25) is 0 Å². The molecule has 0 saturated carbocycles. The lowest BCUT2D eigenvalue weighted by Crippen LogP contribution is -2.34. The number of anilines is 1. The van der Waals surface area contributed by atoms with Crippen molar-refractivity contribution in [2.24, 2.45) is 0 Å². The van der Waals surface area contributed by atoms with Crippen LogP contribution in [-0.2, 0) is 0 Å². The predicted molar refractivity (Wildman–Crippen MR) is 69.7 cm³/mol. The molecule has 18 heavy (non-hydrogen) atoms. The second-order valence-electron chi connectivity index (χ2n) is 4.99. The first-order valence-electron chi connectivity index (χ1n) is 6.11. The van der Waals surface area contributed by atoms with Crippen LogP contribution in [0.25, 0.3) is 0 Å². The molecule has 98 valence electrons. The number of likely N-dealkylation sites (tertiary alicyclic amines) is 1. The van der Waals surface area contributed by atoms with Crippen LogP contribution in [0.5, 0.6) is 0 Å². The summed E-state index contributed by atoms with van der Waals surface area (Å²) < 4.78 is 0. The zero-order valence-corrected chi connectivity index (χ0v) is 11.0. The number of aliphatic hydroxyl groups is 1. The summed E-state index contributed by atoms with van der Waals surface area (Å²) >= 11 is 0. The molecule has 0 spiro atoms. The van der Waals surface area contributed by atoms with Gasteiger partial charge in [-0.05, 0) is 25.5 Å². The lowest BCUT2D eigenvalue weighted by molar-refractivity contribution is 0.0720. The van der Waals surface area contributed by atoms with E-state index in [2.05, 4.69) is 4.98 Å². The predicted octanol–water partition coefficient (Wildman–Crippen LogP) is 0.743. The van der Waals surface area contributed by atoms with E-state index in [1.807, 2.05) is 32.0 Å². The number of β-amino-alcohol motifs (C(OH)–C–C–N with tert-alkyl or cyclic N) is 1. The van der Waals surface area contributed by atoms with Crippen molar-refractivity contribution < 1.29 is 9.90 Å². The van der Waals surface area contributed by atoms with Gasteiger partial charge in [-0.3, -0.25) is 4.79 Å². The van der Waals surface area contributed by atoms with E-state index in [4.69, 9.17) is 0 Å². The molecule has 0 bridgehead atoms. The Bertz CT molecular complexity index is 430. The SMILES string of the molecule is CC1CC(O)CN1C(=O)c1ccc(N(C)C)cn1. The topological polar surface area (TPSA) is 56.7 Å². The van der Waals surface area contributed by atoms with Crippen molar-refractivity contribution in [3.8, 4) is 0 Å². The van der Waals surface area contributed by atoms with E-state index in [0.29, 0.717) is 18.7 Å². The zero-order chi connectivity index (χ0) is 13.3. The molecular weight excluding hydrogens is 230 g/mol. The van der Waals surface area contributed by atoms with E-state index in [-0.39, 0.29) is 11.9 Å². The normalized spacial score (nSPS) is 23.2. The van der Waals surface area contributed by atoms with Crippen LogP contribution >= 0.6 is 0 Å². The summed E-state index contributed by atoms with van der Waals surface area (Å²) in [6.07, 6.45) is 1.91. The summed E-state index contributed by atoms with van der Waals surface area (Å²) in [5, 5.41) is 9.56. The van der Waals surface area contributed by atoms with Gasteiger partial charge in [0.15, 0.2) is 0 Å². The Morgan fingerprint density at radius 3 is 2.67 bits per heavy atom. The number of aromatic nitrogens is 1. The molecule has 2 heterocycles. The van der Waals surface area contributed by atoms with Gasteiger partial charge in [-0.1, -0.05) is 0 Å². The van der Waals surface area contributed by atoms with Gasteiger partial charge in [-0.2, -0.15) is 0 Å². The maximum atomic E-state index is 12.2. The van der Waals surface area contributed by atoms with E-state index < -0.39 is 6.10 Å². The van der Waals surface area contributed by atoms with Crippen molar-refractivity contribution in [3.05, 3.63) is 24.0 Å². The van der Waals surface area contributed by atoms with E-state index in [1.54, 1.807) is 17.2 Å². The summed E-state index contributed by atoms with van der Waals surface area (Å²) in [5.74, 6) is -0.107. The number of amides is 1. The Morgan fingerprint density at radius 2 is 2.22 bits per heavy atom. The van der Waals surface area contributed by atoms with Gasteiger partial charge < -0.3 is 14.9 Å². The highest BCUT2D eigenvalue weighted by Crippen LogP contribution is 2.20. The summed E-state index contributed by atoms with van der Waals surface area (Å²) in [5.41, 5.74) is 1.39. The monoisotopic (exact) mass is 249 g/mol. The first kappa shape index (κ1) is 12.8. The average molecular weight is 249 g/mol. The fraction of sp³-hybridized carbons (Fsp3) is 0.538. The third kappa shape index (κ3) is 2.46. The average Bonchev–Trinajstić information content (AvgIpc) is 2.67. The number of nitrogens with zero attached hydrogens (tertiary/aromatic N) is 3. The van der Waals surface area contributed by atoms with E-state index >= 15 is 0 Å². The fourth-order valence-electron chi connectivity index (χ4n) is 2.21. The highest BCUT2D eigenvalue weighted by atomic mass is 16.3. The van der Waals surface area contributed by atoms with Crippen molar-refractivity contribution in [3.63, 3.8) is 0 Å². The molecule has 1 fully saturated rings. The third-order valence-corrected chi connectivity index (χ3v) is 3.30. The minimum absolute atomic E-state index is 0.0721. The van der Waals surface area contributed by atoms with Gasteiger partial charge in [0.25, 0.3) is 5.91 Å². The van der Waals surface area contributed by atoms with Gasteiger partial charge in [-0.15, -0.1) is 0 Å². The van der Waals surface area contributed by atoms with E-state index in [9.17, 15) is 9.90 Å². The number of carbonyl (C=O) groups excluding carboxylic acids is 1. The van der Waals surface area contributed by atoms with Crippen molar-refractivity contribution in [1.29, 1.82) is 0 Å². The molecule has 1 aliphatic rings. The fourth-order valence-corrected chi connectivity index (χ4v) is 2.21. The molecule has 5 heteroatoms. The number of carbonyl (C=O) groups is 1. The smallest absolute Gasteiger partial charge is 0.272 e. The summed E-state index contributed by atoms with van der Waals surface area (Å²) in [7, 11) is 3.86. The standard InChI is InChI=1S/C13H19N3O2/c1-9-6-11(17)8-16(9)13(18)12-5-4-10(7-14-12)15(2)3/h4-5,7,9,11,17H,6,8H2,1-3H3. The van der Waals surface area contributed by atoms with Gasteiger partial charge in [0, 0.05) is 26.7 Å². The van der Waals surface area contributed by atoms with Crippen LogP contribution in [0.1, 0.15) is 23.8 Å². The number of aliphatic hydroxyl groups excluding tert-OH is 1. The number of rotatable bonds is 2. The molecule has 0 radical (unpaired) electrons. The molecule has 0 aromatic carbocycles. The third-order valence-electron chi connectivity index (χ3n) is 3.30. The van der Waals surface area contributed by atoms with Crippen LogP contribution in [0.15, 0.2) is 18.3 Å². The van der Waals surface area contributed by atoms with E-state index in [0.717, 1.165) is 5.69 Å². The molecule has 2 rings (SSSR count). The molecule has 1 amide bonds. The van der Waals surface area contributed by atoms with Crippen LogP contribution < -0.4 is 4.90 Å². The molecule has 1 aliphatic heterocycles. The lowest BCUT2D eigenvalue weighted by atomic mass is 10.2. The van der Waals surface area contributed by atoms with Gasteiger partial charge in [0.05, 0.1) is 18.0 Å². The Kier molecular flexibility index (Phi) is 3.52. The molecule has 1 aromatic heterocycles. The van der Waals surface area contributed by atoms with Gasteiger partial charge in [0.2, 0.25) is 0 Å². The van der Waals surface area contributed by atoms with Crippen LogP contribution in [-0.4, -0.2) is 53.7 Å². The summed E-state index contributed by atoms with van der Waals surface area (Å²) in [6, 6.07) is 3.68. The molecule has 1 aromatic rings. The Morgan fingerprint density at radius 1 is 1.50 bits per heavy atom. The minimum atomic E-state index is -0.412. The highest BCUT2D eigenvalue weighted by molar-refractivity contribution is 5.93. The molecule has 5 nitrogen and oxygen atoms in total. The lowest BCUT2D eigenvalue weighted by Gasteiger charge is -2.21. The second-order valence-corrected chi connectivity index (χ2v) is 4.99. The van der Waals surface area contributed by atoms with Crippen LogP contribution in [0.4, 0.5) is 5.69 Å². The van der Waals surface area contributed by atoms with Crippen molar-refractivity contribution in [2.75, 3.05) is 25.5 Å².